The molecule has 1 amide bonds. The van der Waals surface area contributed by atoms with E-state index in [0.29, 0.717) is 11.6 Å². The van der Waals surface area contributed by atoms with Crippen LogP contribution in [0.1, 0.15) is 24.9 Å². The third-order valence-corrected chi connectivity index (χ3v) is 2.97. The molecule has 0 fully saturated rings. The van der Waals surface area contributed by atoms with Gasteiger partial charge in [-0.2, -0.15) is 0 Å². The molecular weight excluding hydrogens is 252 g/mol. The van der Waals surface area contributed by atoms with Gasteiger partial charge in [0.15, 0.2) is 0 Å². The molecule has 1 aromatic carbocycles. The highest BCUT2D eigenvalue weighted by Crippen LogP contribution is 2.17. The van der Waals surface area contributed by atoms with Crippen LogP contribution in [0.25, 0.3) is 0 Å². The molecule has 0 aliphatic heterocycles. The van der Waals surface area contributed by atoms with E-state index in [4.69, 9.17) is 22.1 Å². The lowest BCUT2D eigenvalue weighted by atomic mass is 10.1. The van der Waals surface area contributed by atoms with Crippen LogP contribution in [0.15, 0.2) is 24.3 Å². The number of hydrogen-bond donors (Lipinski definition) is 2. The minimum absolute atomic E-state index is 0.0835. The molecule has 2 atom stereocenters. The Morgan fingerprint density at radius 3 is 2.83 bits per heavy atom. The second-order valence-electron chi connectivity index (χ2n) is 4.14. The molecular formula is C13H19ClN2O2. The van der Waals surface area contributed by atoms with Crippen LogP contribution >= 0.6 is 11.6 Å². The molecule has 0 aromatic heterocycles. The van der Waals surface area contributed by atoms with Gasteiger partial charge in [0.2, 0.25) is 5.91 Å². The lowest BCUT2D eigenvalue weighted by molar-refractivity contribution is -0.124. The van der Waals surface area contributed by atoms with Crippen LogP contribution in [0, 0.1) is 0 Å². The second kappa shape index (κ2) is 7.36. The van der Waals surface area contributed by atoms with Crippen LogP contribution in [0.3, 0.4) is 0 Å². The number of rotatable bonds is 6. The van der Waals surface area contributed by atoms with Gasteiger partial charge in [-0.1, -0.05) is 23.7 Å². The standard InChI is InChI=1S/C13H19ClN2O2/c1-9(10-4-3-5-11(14)6-10)16-13(17)7-12(8-15)18-2/h3-6,9,12H,7-8,15H2,1-2H3,(H,16,17)/t9-,12?/m0/s1. The Labute approximate surface area is 112 Å². The SMILES string of the molecule is COC(CN)CC(=O)N[C@@H](C)c1cccc(Cl)c1. The first kappa shape index (κ1) is 15.0. The summed E-state index contributed by atoms with van der Waals surface area (Å²) >= 11 is 5.91. The number of carbonyl (C=O) groups excluding carboxylic acids is 1. The molecule has 0 bridgehead atoms. The Bertz CT molecular complexity index is 394. The van der Waals surface area contributed by atoms with Crippen molar-refractivity contribution in [3.8, 4) is 0 Å². The molecule has 0 aliphatic rings. The molecule has 4 nitrogen and oxygen atoms in total. The summed E-state index contributed by atoms with van der Waals surface area (Å²) < 4.78 is 5.07. The average Bonchev–Trinajstić information content (AvgIpc) is 2.35. The Hall–Kier alpha value is -1.10. The van der Waals surface area contributed by atoms with Crippen molar-refractivity contribution in [1.82, 2.24) is 5.32 Å². The largest absolute Gasteiger partial charge is 0.380 e. The van der Waals surface area contributed by atoms with Crippen LogP contribution in [0.2, 0.25) is 5.02 Å². The minimum Gasteiger partial charge on any atom is -0.380 e. The molecule has 0 spiro atoms. The first-order valence-electron chi connectivity index (χ1n) is 5.84. The zero-order chi connectivity index (χ0) is 13.5. The number of benzene rings is 1. The topological polar surface area (TPSA) is 64.3 Å². The molecule has 3 N–H and O–H groups in total. The van der Waals surface area contributed by atoms with Crippen LogP contribution in [0.4, 0.5) is 0 Å². The summed E-state index contributed by atoms with van der Waals surface area (Å²) in [6.07, 6.45) is 0.0225. The summed E-state index contributed by atoms with van der Waals surface area (Å²) in [5.41, 5.74) is 6.44. The maximum atomic E-state index is 11.8. The highest BCUT2D eigenvalue weighted by molar-refractivity contribution is 6.30. The summed E-state index contributed by atoms with van der Waals surface area (Å²) in [6.45, 7) is 2.24. The fourth-order valence-electron chi connectivity index (χ4n) is 1.63. The van der Waals surface area contributed by atoms with Crippen LogP contribution < -0.4 is 11.1 Å². The van der Waals surface area contributed by atoms with Crippen LogP contribution in [0.5, 0.6) is 0 Å². The Kier molecular flexibility index (Phi) is 6.12. The normalized spacial score (nSPS) is 14.0. The molecule has 1 aromatic rings. The van der Waals surface area contributed by atoms with E-state index in [0.717, 1.165) is 5.56 Å². The van der Waals surface area contributed by atoms with Gasteiger partial charge in [0.25, 0.3) is 0 Å². The number of hydrogen-bond acceptors (Lipinski definition) is 3. The van der Waals surface area contributed by atoms with Crippen molar-refractivity contribution in [1.29, 1.82) is 0 Å². The van der Waals surface area contributed by atoms with Crippen molar-refractivity contribution in [2.75, 3.05) is 13.7 Å². The fraction of sp³-hybridized carbons (Fsp3) is 0.462. The number of amides is 1. The lowest BCUT2D eigenvalue weighted by Gasteiger charge is -2.17. The summed E-state index contributed by atoms with van der Waals surface area (Å²) in [7, 11) is 1.55. The first-order chi connectivity index (χ1) is 8.56. The molecule has 5 heteroatoms. The molecule has 100 valence electrons. The zero-order valence-electron chi connectivity index (χ0n) is 10.7. The van der Waals surface area contributed by atoms with Gasteiger partial charge in [-0.3, -0.25) is 4.79 Å². The zero-order valence-corrected chi connectivity index (χ0v) is 11.4. The fourth-order valence-corrected chi connectivity index (χ4v) is 1.83. The quantitative estimate of drug-likeness (QED) is 0.830. The predicted molar refractivity (Wildman–Crippen MR) is 72.5 cm³/mol. The van der Waals surface area contributed by atoms with E-state index in [1.54, 1.807) is 13.2 Å². The summed E-state index contributed by atoms with van der Waals surface area (Å²) in [5.74, 6) is -0.0835. The molecule has 1 rings (SSSR count). The second-order valence-corrected chi connectivity index (χ2v) is 4.58. The maximum Gasteiger partial charge on any atom is 0.223 e. The highest BCUT2D eigenvalue weighted by Gasteiger charge is 2.14. The van der Waals surface area contributed by atoms with Crippen molar-refractivity contribution in [2.45, 2.75) is 25.5 Å². The van der Waals surface area contributed by atoms with Crippen molar-refractivity contribution >= 4 is 17.5 Å². The predicted octanol–water partition coefficient (Wildman–Crippen LogP) is 1.88. The van der Waals surface area contributed by atoms with Gasteiger partial charge in [-0.15, -0.1) is 0 Å². The third kappa shape index (κ3) is 4.64. The average molecular weight is 271 g/mol. The first-order valence-corrected chi connectivity index (χ1v) is 6.22. The maximum absolute atomic E-state index is 11.8. The molecule has 0 heterocycles. The number of nitrogens with two attached hydrogens (primary N) is 1. The van der Waals surface area contributed by atoms with Gasteiger partial charge in [0.05, 0.1) is 18.6 Å². The van der Waals surface area contributed by atoms with Crippen molar-refractivity contribution in [3.63, 3.8) is 0 Å². The third-order valence-electron chi connectivity index (χ3n) is 2.74. The van der Waals surface area contributed by atoms with E-state index in [1.807, 2.05) is 25.1 Å². The van der Waals surface area contributed by atoms with Gasteiger partial charge in [0, 0.05) is 18.7 Å². The van der Waals surface area contributed by atoms with Crippen LogP contribution in [-0.2, 0) is 9.53 Å². The van der Waals surface area contributed by atoms with E-state index < -0.39 is 0 Å². The smallest absolute Gasteiger partial charge is 0.223 e. The Morgan fingerprint density at radius 1 is 1.56 bits per heavy atom. The molecule has 0 saturated carbocycles. The van der Waals surface area contributed by atoms with Crippen molar-refractivity contribution < 1.29 is 9.53 Å². The molecule has 1 unspecified atom stereocenters. The summed E-state index contributed by atoms with van der Waals surface area (Å²) in [6, 6.07) is 7.33. The number of halogens is 1. The summed E-state index contributed by atoms with van der Waals surface area (Å²) in [4.78, 5) is 11.8. The molecule has 0 saturated heterocycles. The van der Waals surface area contributed by atoms with Crippen molar-refractivity contribution in [2.24, 2.45) is 5.73 Å². The minimum atomic E-state index is -0.239. The number of nitrogens with one attached hydrogen (secondary N) is 1. The summed E-state index contributed by atoms with van der Waals surface area (Å²) in [5, 5.41) is 3.55. The van der Waals surface area contributed by atoms with E-state index in [1.165, 1.54) is 0 Å². The Morgan fingerprint density at radius 2 is 2.28 bits per heavy atom. The monoisotopic (exact) mass is 270 g/mol. The van der Waals surface area contributed by atoms with Gasteiger partial charge in [-0.25, -0.2) is 0 Å². The van der Waals surface area contributed by atoms with Gasteiger partial charge in [0.1, 0.15) is 0 Å². The number of carbonyl (C=O) groups is 1. The van der Waals surface area contributed by atoms with E-state index in [2.05, 4.69) is 5.32 Å². The van der Waals surface area contributed by atoms with Gasteiger partial charge >= 0.3 is 0 Å². The molecule has 0 aliphatic carbocycles. The van der Waals surface area contributed by atoms with Gasteiger partial charge < -0.3 is 15.8 Å². The van der Waals surface area contributed by atoms with Crippen LogP contribution in [-0.4, -0.2) is 25.7 Å². The number of methoxy groups -OCH3 is 1. The van der Waals surface area contributed by atoms with E-state index >= 15 is 0 Å². The lowest BCUT2D eigenvalue weighted by Crippen LogP contribution is -2.33. The number of ether oxygens (including phenoxy) is 1. The Balaban J connectivity index is 2.54. The van der Waals surface area contributed by atoms with E-state index in [-0.39, 0.29) is 24.5 Å². The van der Waals surface area contributed by atoms with E-state index in [9.17, 15) is 4.79 Å². The van der Waals surface area contributed by atoms with Gasteiger partial charge in [-0.05, 0) is 24.6 Å². The van der Waals surface area contributed by atoms with Crippen molar-refractivity contribution in [3.05, 3.63) is 34.9 Å². The molecule has 18 heavy (non-hydrogen) atoms. The molecule has 0 radical (unpaired) electrons. The highest BCUT2D eigenvalue weighted by atomic mass is 35.5.